The van der Waals surface area contributed by atoms with Gasteiger partial charge in [-0.15, -0.1) is 6.58 Å². The zero-order chi connectivity index (χ0) is 10.9. The van der Waals surface area contributed by atoms with Crippen LogP contribution in [0, 0.1) is 0 Å². The zero-order valence-corrected chi connectivity index (χ0v) is 10.9. The Kier molecular flexibility index (Phi) is 8.19. The zero-order valence-electron chi connectivity index (χ0n) is 9.89. The molecule has 0 heterocycles. The van der Waals surface area contributed by atoms with Gasteiger partial charge in [-0.2, -0.15) is 0 Å². The highest BCUT2D eigenvalue weighted by Gasteiger charge is 2.24. The summed E-state index contributed by atoms with van der Waals surface area (Å²) in [5, 5.41) is 8.88. The number of hydrogen-bond donors (Lipinski definition) is 1. The molecule has 0 aliphatic carbocycles. The van der Waals surface area contributed by atoms with Crippen molar-refractivity contribution in [3.63, 3.8) is 0 Å². The van der Waals surface area contributed by atoms with Crippen LogP contribution in [0.15, 0.2) is 12.7 Å². The predicted octanol–water partition coefficient (Wildman–Crippen LogP) is 3.82. The highest BCUT2D eigenvalue weighted by molar-refractivity contribution is 6.78. The summed E-state index contributed by atoms with van der Waals surface area (Å²) in [6, 6.07) is 4.07. The van der Waals surface area contributed by atoms with Crippen LogP contribution in [0.25, 0.3) is 0 Å². The van der Waals surface area contributed by atoms with E-state index in [0.717, 1.165) is 12.8 Å². The van der Waals surface area contributed by atoms with Gasteiger partial charge in [0.25, 0.3) is 0 Å². The first-order valence-electron chi connectivity index (χ1n) is 5.90. The van der Waals surface area contributed by atoms with Crippen molar-refractivity contribution in [2.75, 3.05) is 6.61 Å². The molecule has 1 atom stereocenters. The van der Waals surface area contributed by atoms with E-state index in [0.29, 0.717) is 6.61 Å². The summed E-state index contributed by atoms with van der Waals surface area (Å²) in [5.74, 6) is 0. The van der Waals surface area contributed by atoms with Gasteiger partial charge in [0.1, 0.15) is 0 Å². The number of aliphatic hydroxyl groups excluding tert-OH is 1. The van der Waals surface area contributed by atoms with Crippen LogP contribution in [0.2, 0.25) is 24.7 Å². The first-order valence-corrected chi connectivity index (χ1v) is 9.02. The second-order valence-electron chi connectivity index (χ2n) is 4.57. The molecule has 0 aliphatic heterocycles. The molecule has 0 saturated carbocycles. The number of unbranched alkanes of at least 4 members (excludes halogenated alkanes) is 1. The van der Waals surface area contributed by atoms with Crippen molar-refractivity contribution in [2.24, 2.45) is 0 Å². The molecule has 84 valence electrons. The minimum Gasteiger partial charge on any atom is -0.396 e. The quantitative estimate of drug-likeness (QED) is 0.457. The van der Waals surface area contributed by atoms with E-state index in [1.807, 2.05) is 6.08 Å². The van der Waals surface area contributed by atoms with Crippen molar-refractivity contribution in [1.29, 1.82) is 0 Å². The molecular weight excluding hydrogens is 188 g/mol. The van der Waals surface area contributed by atoms with Gasteiger partial charge >= 0.3 is 0 Å². The average molecular weight is 214 g/mol. The minimum atomic E-state index is -1.04. The Labute approximate surface area is 90.2 Å². The lowest BCUT2D eigenvalue weighted by Gasteiger charge is -2.26. The second-order valence-corrected chi connectivity index (χ2v) is 9.69. The van der Waals surface area contributed by atoms with Gasteiger partial charge in [0.2, 0.25) is 0 Å². The lowest BCUT2D eigenvalue weighted by Crippen LogP contribution is -2.29. The number of hydrogen-bond acceptors (Lipinski definition) is 1. The van der Waals surface area contributed by atoms with Crippen molar-refractivity contribution in [2.45, 2.75) is 57.3 Å². The summed E-state index contributed by atoms with van der Waals surface area (Å²) in [4.78, 5) is 0. The molecule has 0 aliphatic rings. The highest BCUT2D eigenvalue weighted by Crippen LogP contribution is 2.26. The SMILES string of the molecule is C=CCC[Si](C)(CCCC)CCCO. The van der Waals surface area contributed by atoms with Crippen LogP contribution >= 0.6 is 0 Å². The van der Waals surface area contributed by atoms with Crippen molar-refractivity contribution in [1.82, 2.24) is 0 Å². The minimum absolute atomic E-state index is 0.364. The molecule has 0 aromatic carbocycles. The molecule has 0 aromatic rings. The van der Waals surface area contributed by atoms with E-state index < -0.39 is 8.07 Å². The molecule has 2 heteroatoms. The standard InChI is InChI=1S/C12H26OSi/c1-4-6-10-14(3,11-7-5-2)12-8-9-13/h4,13H,1,5-12H2,2-3H3. The third kappa shape index (κ3) is 6.38. The predicted molar refractivity (Wildman–Crippen MR) is 67.5 cm³/mol. The molecule has 0 saturated heterocycles. The van der Waals surface area contributed by atoms with Crippen LogP contribution in [0.4, 0.5) is 0 Å². The maximum Gasteiger partial charge on any atom is 0.0508 e. The smallest absolute Gasteiger partial charge is 0.0508 e. The summed E-state index contributed by atoms with van der Waals surface area (Å²) in [5.41, 5.74) is 0. The first kappa shape index (κ1) is 13.9. The summed E-state index contributed by atoms with van der Waals surface area (Å²) in [6.07, 6.45) is 6.87. The van der Waals surface area contributed by atoms with Gasteiger partial charge in [-0.3, -0.25) is 0 Å². The second kappa shape index (κ2) is 8.24. The van der Waals surface area contributed by atoms with Gasteiger partial charge in [0.15, 0.2) is 0 Å². The Bertz CT molecular complexity index is 137. The van der Waals surface area contributed by atoms with Crippen LogP contribution < -0.4 is 0 Å². The molecule has 1 nitrogen and oxygen atoms in total. The van der Waals surface area contributed by atoms with Crippen LogP contribution in [0.1, 0.15) is 32.6 Å². The van der Waals surface area contributed by atoms with Gasteiger partial charge in [0, 0.05) is 6.61 Å². The lowest BCUT2D eigenvalue weighted by atomic mass is 10.4. The fraction of sp³-hybridized carbons (Fsp3) is 0.833. The number of allylic oxidation sites excluding steroid dienone is 1. The Balaban J connectivity index is 3.95. The summed E-state index contributed by atoms with van der Waals surface area (Å²) >= 11 is 0. The fourth-order valence-corrected chi connectivity index (χ4v) is 5.80. The van der Waals surface area contributed by atoms with E-state index in [2.05, 4.69) is 20.0 Å². The summed E-state index contributed by atoms with van der Waals surface area (Å²) in [7, 11) is -1.04. The third-order valence-corrected chi connectivity index (χ3v) is 7.64. The maximum atomic E-state index is 8.88. The van der Waals surface area contributed by atoms with Gasteiger partial charge in [0.05, 0.1) is 8.07 Å². The lowest BCUT2D eigenvalue weighted by molar-refractivity contribution is 0.294. The third-order valence-electron chi connectivity index (χ3n) is 3.02. The van der Waals surface area contributed by atoms with Gasteiger partial charge < -0.3 is 5.11 Å². The van der Waals surface area contributed by atoms with Crippen molar-refractivity contribution >= 4 is 8.07 Å². The van der Waals surface area contributed by atoms with E-state index in [1.54, 1.807) is 0 Å². The molecule has 0 rings (SSSR count). The van der Waals surface area contributed by atoms with Crippen molar-refractivity contribution in [3.8, 4) is 0 Å². The highest BCUT2D eigenvalue weighted by atomic mass is 28.3. The molecule has 0 radical (unpaired) electrons. The van der Waals surface area contributed by atoms with Crippen LogP contribution in [0.5, 0.6) is 0 Å². The van der Waals surface area contributed by atoms with E-state index in [-0.39, 0.29) is 0 Å². The molecule has 1 unspecified atom stereocenters. The molecule has 0 bridgehead atoms. The van der Waals surface area contributed by atoms with E-state index in [1.165, 1.54) is 31.0 Å². The fourth-order valence-electron chi connectivity index (χ4n) is 1.93. The average Bonchev–Trinajstić information content (AvgIpc) is 2.21. The van der Waals surface area contributed by atoms with Crippen LogP contribution in [0.3, 0.4) is 0 Å². The molecule has 14 heavy (non-hydrogen) atoms. The summed E-state index contributed by atoms with van der Waals surface area (Å²) < 4.78 is 0. The normalized spacial score (nSPS) is 15.1. The van der Waals surface area contributed by atoms with Gasteiger partial charge in [-0.1, -0.05) is 50.5 Å². The first-order chi connectivity index (χ1) is 6.68. The Morgan fingerprint density at radius 2 is 1.86 bits per heavy atom. The van der Waals surface area contributed by atoms with E-state index >= 15 is 0 Å². The van der Waals surface area contributed by atoms with Crippen LogP contribution in [-0.2, 0) is 0 Å². The largest absolute Gasteiger partial charge is 0.396 e. The Morgan fingerprint density at radius 1 is 1.21 bits per heavy atom. The Hall–Kier alpha value is -0.0831. The molecule has 0 amide bonds. The van der Waals surface area contributed by atoms with Crippen LogP contribution in [-0.4, -0.2) is 19.8 Å². The van der Waals surface area contributed by atoms with E-state index in [9.17, 15) is 0 Å². The molecule has 0 spiro atoms. The monoisotopic (exact) mass is 214 g/mol. The summed E-state index contributed by atoms with van der Waals surface area (Å²) in [6.45, 7) is 8.91. The number of aliphatic hydroxyl groups is 1. The topological polar surface area (TPSA) is 20.2 Å². The van der Waals surface area contributed by atoms with Crippen molar-refractivity contribution < 1.29 is 5.11 Å². The van der Waals surface area contributed by atoms with Crippen molar-refractivity contribution in [3.05, 3.63) is 12.7 Å². The molecular formula is C12H26OSi. The number of rotatable bonds is 9. The Morgan fingerprint density at radius 3 is 2.36 bits per heavy atom. The van der Waals surface area contributed by atoms with Gasteiger partial charge in [-0.25, -0.2) is 0 Å². The van der Waals surface area contributed by atoms with Gasteiger partial charge in [-0.05, 0) is 12.8 Å². The molecule has 0 fully saturated rings. The molecule has 1 N–H and O–H groups in total. The van der Waals surface area contributed by atoms with E-state index in [4.69, 9.17) is 5.11 Å². The maximum absolute atomic E-state index is 8.88. The molecule has 0 aromatic heterocycles.